The van der Waals surface area contributed by atoms with Crippen LogP contribution in [0, 0.1) is 0 Å². The molecule has 0 aliphatic carbocycles. The van der Waals surface area contributed by atoms with E-state index in [0.717, 1.165) is 27.9 Å². The topological polar surface area (TPSA) is 66.0 Å². The van der Waals surface area contributed by atoms with E-state index in [1.807, 2.05) is 37.3 Å². The lowest BCUT2D eigenvalue weighted by molar-refractivity contribution is 0.0696. The summed E-state index contributed by atoms with van der Waals surface area (Å²) < 4.78 is 0. The van der Waals surface area contributed by atoms with Crippen LogP contribution in [-0.4, -0.2) is 21.0 Å². The zero-order valence-corrected chi connectivity index (χ0v) is 11.1. The summed E-state index contributed by atoms with van der Waals surface area (Å²) in [6.07, 6.45) is 2.43. The quantitative estimate of drug-likeness (QED) is 0.762. The van der Waals surface area contributed by atoms with Crippen molar-refractivity contribution in [3.05, 3.63) is 53.7 Å². The van der Waals surface area contributed by atoms with Crippen molar-refractivity contribution in [1.29, 1.82) is 0 Å². The largest absolute Gasteiger partial charge is 0.478 e. The van der Waals surface area contributed by atoms with E-state index in [4.69, 9.17) is 0 Å². The summed E-state index contributed by atoms with van der Waals surface area (Å²) in [7, 11) is 0. The number of carboxylic acids is 1. The Morgan fingerprint density at radius 1 is 1.30 bits per heavy atom. The van der Waals surface area contributed by atoms with E-state index in [9.17, 15) is 9.90 Å². The summed E-state index contributed by atoms with van der Waals surface area (Å²) in [5.41, 5.74) is 3.76. The summed E-state index contributed by atoms with van der Waals surface area (Å²) in [6, 6.07) is 11.3. The molecule has 100 valence electrons. The fraction of sp³-hybridized carbons (Fsp3) is 0.125. The number of pyridine rings is 1. The molecule has 1 aromatic carbocycles. The van der Waals surface area contributed by atoms with Crippen LogP contribution >= 0.6 is 0 Å². The summed E-state index contributed by atoms with van der Waals surface area (Å²) in [4.78, 5) is 18.8. The fourth-order valence-corrected chi connectivity index (χ4v) is 2.38. The Morgan fingerprint density at radius 2 is 2.15 bits per heavy atom. The highest BCUT2D eigenvalue weighted by Gasteiger charge is 2.12. The lowest BCUT2D eigenvalue weighted by Gasteiger charge is -2.03. The van der Waals surface area contributed by atoms with Crippen LogP contribution in [0.2, 0.25) is 0 Å². The number of aromatic amines is 1. The molecule has 20 heavy (non-hydrogen) atoms. The molecule has 4 heteroatoms. The number of nitrogens with zero attached hydrogens (tertiary/aromatic N) is 1. The van der Waals surface area contributed by atoms with Crippen LogP contribution in [0.3, 0.4) is 0 Å². The molecule has 0 bridgehead atoms. The molecule has 3 aromatic rings. The van der Waals surface area contributed by atoms with Gasteiger partial charge in [0.2, 0.25) is 0 Å². The number of carbonyl (C=O) groups is 1. The van der Waals surface area contributed by atoms with E-state index in [1.165, 1.54) is 0 Å². The molecule has 0 saturated carbocycles. The van der Waals surface area contributed by atoms with E-state index in [1.54, 1.807) is 12.3 Å². The minimum atomic E-state index is -0.891. The molecule has 0 spiro atoms. The fourth-order valence-electron chi connectivity index (χ4n) is 2.38. The van der Waals surface area contributed by atoms with Gasteiger partial charge in [0.05, 0.1) is 17.0 Å². The second-order valence-corrected chi connectivity index (χ2v) is 4.65. The molecule has 4 nitrogen and oxygen atoms in total. The summed E-state index contributed by atoms with van der Waals surface area (Å²) in [6.45, 7) is 1.96. The number of nitrogens with one attached hydrogen (secondary N) is 1. The Labute approximate surface area is 116 Å². The maximum absolute atomic E-state index is 11.3. The van der Waals surface area contributed by atoms with Gasteiger partial charge in [-0.1, -0.05) is 13.0 Å². The maximum Gasteiger partial charge on any atom is 0.336 e. The molecule has 0 amide bonds. The predicted octanol–water partition coefficient (Wildman–Crippen LogP) is 3.49. The normalized spacial score (nSPS) is 10.8. The third-order valence-corrected chi connectivity index (χ3v) is 3.40. The van der Waals surface area contributed by atoms with Crippen LogP contribution in [-0.2, 0) is 6.42 Å². The Balaban J connectivity index is 2.19. The van der Waals surface area contributed by atoms with E-state index in [2.05, 4.69) is 9.97 Å². The minimum Gasteiger partial charge on any atom is -0.478 e. The number of aromatic carboxylic acids is 1. The van der Waals surface area contributed by atoms with Gasteiger partial charge >= 0.3 is 5.97 Å². The minimum absolute atomic E-state index is 0.356. The Kier molecular flexibility index (Phi) is 2.99. The Morgan fingerprint density at radius 3 is 2.80 bits per heavy atom. The third-order valence-electron chi connectivity index (χ3n) is 3.40. The van der Waals surface area contributed by atoms with E-state index < -0.39 is 5.97 Å². The first-order valence-electron chi connectivity index (χ1n) is 6.49. The number of H-pyrrole nitrogens is 1. The van der Waals surface area contributed by atoms with Crippen molar-refractivity contribution in [2.45, 2.75) is 13.3 Å². The van der Waals surface area contributed by atoms with Gasteiger partial charge in [0.15, 0.2) is 0 Å². The zero-order chi connectivity index (χ0) is 14.1. The maximum atomic E-state index is 11.3. The molecule has 0 fully saturated rings. The van der Waals surface area contributed by atoms with Gasteiger partial charge in [0, 0.05) is 17.1 Å². The average molecular weight is 266 g/mol. The number of aryl methyl sites for hydroxylation is 1. The van der Waals surface area contributed by atoms with Gasteiger partial charge in [-0.3, -0.25) is 4.98 Å². The van der Waals surface area contributed by atoms with Gasteiger partial charge in [-0.2, -0.15) is 0 Å². The summed E-state index contributed by atoms with van der Waals surface area (Å²) >= 11 is 0. The SMILES string of the molecule is CCc1cc2cc(-c3ccccn3)[nH]c2cc1C(=O)O. The standard InChI is InChI=1S/C16H14N2O2/c1-2-10-7-11-8-15(13-5-3-4-6-17-13)18-14(11)9-12(10)16(19)20/h3-9,18H,2H2,1H3,(H,19,20). The van der Waals surface area contributed by atoms with Crippen LogP contribution < -0.4 is 0 Å². The number of carboxylic acid groups (broad SMARTS) is 1. The number of aromatic nitrogens is 2. The Hall–Kier alpha value is -2.62. The molecule has 2 aromatic heterocycles. The second kappa shape index (κ2) is 4.81. The molecule has 0 atom stereocenters. The van der Waals surface area contributed by atoms with Gasteiger partial charge < -0.3 is 10.1 Å². The van der Waals surface area contributed by atoms with Gasteiger partial charge in [0.1, 0.15) is 0 Å². The highest BCUT2D eigenvalue weighted by Crippen LogP contribution is 2.26. The first kappa shape index (κ1) is 12.4. The summed E-state index contributed by atoms with van der Waals surface area (Å²) in [5, 5.41) is 10.3. The lowest BCUT2D eigenvalue weighted by atomic mass is 10.0. The highest BCUT2D eigenvalue weighted by molar-refractivity contribution is 5.96. The molecule has 2 heterocycles. The number of hydrogen-bond acceptors (Lipinski definition) is 2. The number of fused-ring (bicyclic) bond motifs is 1. The zero-order valence-electron chi connectivity index (χ0n) is 11.1. The first-order chi connectivity index (χ1) is 9.69. The van der Waals surface area contributed by atoms with Gasteiger partial charge in [-0.15, -0.1) is 0 Å². The molecule has 0 saturated heterocycles. The van der Waals surface area contributed by atoms with Crippen molar-refractivity contribution in [2.24, 2.45) is 0 Å². The van der Waals surface area contributed by atoms with Gasteiger partial charge in [-0.25, -0.2) is 4.79 Å². The van der Waals surface area contributed by atoms with Gasteiger partial charge in [0.25, 0.3) is 0 Å². The first-order valence-corrected chi connectivity index (χ1v) is 6.49. The number of benzene rings is 1. The molecule has 0 unspecified atom stereocenters. The van der Waals surface area contributed by atoms with E-state index in [0.29, 0.717) is 12.0 Å². The molecule has 3 rings (SSSR count). The smallest absolute Gasteiger partial charge is 0.336 e. The van der Waals surface area contributed by atoms with Gasteiger partial charge in [-0.05, 0) is 42.3 Å². The van der Waals surface area contributed by atoms with Crippen LogP contribution in [0.4, 0.5) is 0 Å². The average Bonchev–Trinajstić information content (AvgIpc) is 2.89. The molecular weight excluding hydrogens is 252 g/mol. The van der Waals surface area contributed by atoms with Crippen molar-refractivity contribution in [3.63, 3.8) is 0 Å². The number of rotatable bonds is 3. The van der Waals surface area contributed by atoms with Crippen molar-refractivity contribution >= 4 is 16.9 Å². The Bertz CT molecular complexity index is 776. The predicted molar refractivity (Wildman–Crippen MR) is 77.9 cm³/mol. The second-order valence-electron chi connectivity index (χ2n) is 4.65. The third kappa shape index (κ3) is 2.05. The molecule has 0 radical (unpaired) electrons. The molecular formula is C16H14N2O2. The summed E-state index contributed by atoms with van der Waals surface area (Å²) in [5.74, 6) is -0.891. The van der Waals surface area contributed by atoms with Crippen LogP contribution in [0.25, 0.3) is 22.3 Å². The number of hydrogen-bond donors (Lipinski definition) is 2. The van der Waals surface area contributed by atoms with Crippen molar-refractivity contribution in [2.75, 3.05) is 0 Å². The van der Waals surface area contributed by atoms with Crippen molar-refractivity contribution < 1.29 is 9.90 Å². The molecule has 0 aliphatic rings. The van der Waals surface area contributed by atoms with Crippen LogP contribution in [0.15, 0.2) is 42.6 Å². The molecule has 0 aliphatic heterocycles. The van der Waals surface area contributed by atoms with E-state index in [-0.39, 0.29) is 0 Å². The van der Waals surface area contributed by atoms with Crippen molar-refractivity contribution in [3.8, 4) is 11.4 Å². The molecule has 2 N–H and O–H groups in total. The lowest BCUT2D eigenvalue weighted by Crippen LogP contribution is -2.01. The van der Waals surface area contributed by atoms with Crippen LogP contribution in [0.5, 0.6) is 0 Å². The van der Waals surface area contributed by atoms with Crippen LogP contribution in [0.1, 0.15) is 22.8 Å². The monoisotopic (exact) mass is 266 g/mol. The highest BCUT2D eigenvalue weighted by atomic mass is 16.4. The van der Waals surface area contributed by atoms with E-state index >= 15 is 0 Å². The van der Waals surface area contributed by atoms with Crippen molar-refractivity contribution in [1.82, 2.24) is 9.97 Å².